The highest BCUT2D eigenvalue weighted by Gasteiger charge is 2.29. The minimum atomic E-state index is 0.213. The second kappa shape index (κ2) is 9.20. The van der Waals surface area contributed by atoms with E-state index in [0.29, 0.717) is 17.7 Å². The molecule has 2 fully saturated rings. The molecule has 0 N–H and O–H groups in total. The number of rotatable bonds is 6. The summed E-state index contributed by atoms with van der Waals surface area (Å²) in [4.78, 5) is 14.5. The van der Waals surface area contributed by atoms with Gasteiger partial charge < -0.3 is 9.64 Å². The summed E-state index contributed by atoms with van der Waals surface area (Å²) in [6.45, 7) is 4.11. The second-order valence-electron chi connectivity index (χ2n) is 8.11. The number of benzene rings is 1. The molecule has 6 nitrogen and oxygen atoms in total. The number of amides is 1. The number of nitrogens with zero attached hydrogens (tertiary/aromatic N) is 4. The van der Waals surface area contributed by atoms with Gasteiger partial charge >= 0.3 is 0 Å². The van der Waals surface area contributed by atoms with Crippen molar-refractivity contribution in [3.63, 3.8) is 0 Å². The van der Waals surface area contributed by atoms with E-state index < -0.39 is 0 Å². The predicted molar refractivity (Wildman–Crippen MR) is 115 cm³/mol. The van der Waals surface area contributed by atoms with Gasteiger partial charge in [-0.3, -0.25) is 9.36 Å². The van der Waals surface area contributed by atoms with Gasteiger partial charge in [-0.2, -0.15) is 0 Å². The number of aromatic nitrogens is 3. The lowest BCUT2D eigenvalue weighted by atomic mass is 9.85. The van der Waals surface area contributed by atoms with E-state index in [-0.39, 0.29) is 5.91 Å². The van der Waals surface area contributed by atoms with Crippen LogP contribution in [-0.2, 0) is 4.79 Å². The lowest BCUT2D eigenvalue weighted by Crippen LogP contribution is -2.29. The Morgan fingerprint density at radius 2 is 1.83 bits per heavy atom. The third-order valence-corrected chi connectivity index (χ3v) is 7.12. The van der Waals surface area contributed by atoms with Crippen LogP contribution in [0.2, 0.25) is 0 Å². The third kappa shape index (κ3) is 4.44. The van der Waals surface area contributed by atoms with Gasteiger partial charge in [-0.1, -0.05) is 31.5 Å². The van der Waals surface area contributed by atoms with Gasteiger partial charge in [-0.05, 0) is 55.9 Å². The van der Waals surface area contributed by atoms with Crippen LogP contribution in [0, 0.1) is 5.92 Å². The van der Waals surface area contributed by atoms with E-state index in [0.717, 1.165) is 54.6 Å². The SMILES string of the molecule is COc1ccc(-c2nnc(SCC(=O)N3CCCC3)n2[C@@H]2CCCC[C@H]2C)cc1. The molecule has 0 unspecified atom stereocenters. The number of likely N-dealkylation sites (tertiary alicyclic amines) is 1. The first kappa shape index (κ1) is 20.3. The van der Waals surface area contributed by atoms with Crippen LogP contribution in [0.3, 0.4) is 0 Å². The van der Waals surface area contributed by atoms with Crippen LogP contribution in [0.15, 0.2) is 29.4 Å². The van der Waals surface area contributed by atoms with Crippen LogP contribution in [-0.4, -0.2) is 51.5 Å². The fourth-order valence-corrected chi connectivity index (χ4v) is 5.37. The molecular formula is C22H30N4O2S. The number of carbonyl (C=O) groups is 1. The molecule has 1 aliphatic heterocycles. The van der Waals surface area contributed by atoms with Crippen LogP contribution in [0.5, 0.6) is 5.75 Å². The van der Waals surface area contributed by atoms with Crippen molar-refractivity contribution in [3.8, 4) is 17.1 Å². The van der Waals surface area contributed by atoms with E-state index in [2.05, 4.69) is 21.7 Å². The Balaban J connectivity index is 1.61. The van der Waals surface area contributed by atoms with Gasteiger partial charge in [0.15, 0.2) is 11.0 Å². The highest BCUT2D eigenvalue weighted by atomic mass is 32.2. The van der Waals surface area contributed by atoms with Crippen LogP contribution >= 0.6 is 11.8 Å². The lowest BCUT2D eigenvalue weighted by molar-refractivity contribution is -0.127. The van der Waals surface area contributed by atoms with Gasteiger partial charge in [0.25, 0.3) is 0 Å². The number of carbonyl (C=O) groups excluding carboxylic acids is 1. The number of ether oxygens (including phenoxy) is 1. The molecule has 1 saturated carbocycles. The fraction of sp³-hybridized carbons (Fsp3) is 0.591. The van der Waals surface area contributed by atoms with Gasteiger partial charge in [0, 0.05) is 24.7 Å². The summed E-state index contributed by atoms with van der Waals surface area (Å²) >= 11 is 1.53. The van der Waals surface area contributed by atoms with Crippen LogP contribution in [0.25, 0.3) is 11.4 Å². The molecule has 2 heterocycles. The van der Waals surface area contributed by atoms with Crippen molar-refractivity contribution in [2.24, 2.45) is 5.92 Å². The minimum Gasteiger partial charge on any atom is -0.497 e. The van der Waals surface area contributed by atoms with Crippen molar-refractivity contribution in [2.75, 3.05) is 26.0 Å². The molecule has 2 atom stereocenters. The zero-order valence-corrected chi connectivity index (χ0v) is 18.2. The van der Waals surface area contributed by atoms with Gasteiger partial charge in [0.05, 0.1) is 12.9 Å². The Bertz CT molecular complexity index is 830. The maximum atomic E-state index is 12.6. The first-order valence-corrected chi connectivity index (χ1v) is 11.7. The molecule has 156 valence electrons. The van der Waals surface area contributed by atoms with Crippen molar-refractivity contribution < 1.29 is 9.53 Å². The van der Waals surface area contributed by atoms with Crippen LogP contribution in [0.1, 0.15) is 51.5 Å². The maximum Gasteiger partial charge on any atom is 0.233 e. The van der Waals surface area contributed by atoms with Crippen molar-refractivity contribution in [1.29, 1.82) is 0 Å². The largest absolute Gasteiger partial charge is 0.497 e. The third-order valence-electron chi connectivity index (χ3n) is 6.19. The highest BCUT2D eigenvalue weighted by Crippen LogP contribution is 2.39. The average molecular weight is 415 g/mol. The van der Waals surface area contributed by atoms with Crippen molar-refractivity contribution in [2.45, 2.75) is 56.6 Å². The number of thioether (sulfide) groups is 1. The molecule has 0 bridgehead atoms. The van der Waals surface area contributed by atoms with Gasteiger partial charge in [-0.15, -0.1) is 10.2 Å². The summed E-state index contributed by atoms with van der Waals surface area (Å²) in [5.41, 5.74) is 1.04. The standard InChI is InChI=1S/C22H30N4O2S/c1-16-7-3-4-8-19(16)26-21(17-9-11-18(28-2)12-10-17)23-24-22(26)29-15-20(27)25-13-5-6-14-25/h9-12,16,19H,3-8,13-15H2,1-2H3/t16-,19-/m1/s1. The highest BCUT2D eigenvalue weighted by molar-refractivity contribution is 7.99. The Morgan fingerprint density at radius 3 is 2.52 bits per heavy atom. The second-order valence-corrected chi connectivity index (χ2v) is 9.05. The molecule has 0 spiro atoms. The fourth-order valence-electron chi connectivity index (χ4n) is 4.48. The zero-order chi connectivity index (χ0) is 20.2. The van der Waals surface area contributed by atoms with E-state index >= 15 is 0 Å². The van der Waals surface area contributed by atoms with E-state index in [9.17, 15) is 4.79 Å². The number of hydrogen-bond acceptors (Lipinski definition) is 5. The van der Waals surface area contributed by atoms with Crippen molar-refractivity contribution in [3.05, 3.63) is 24.3 Å². The molecule has 1 saturated heterocycles. The number of methoxy groups -OCH3 is 1. The van der Waals surface area contributed by atoms with Crippen molar-refractivity contribution >= 4 is 17.7 Å². The minimum absolute atomic E-state index is 0.213. The molecule has 1 aromatic heterocycles. The summed E-state index contributed by atoms with van der Waals surface area (Å²) in [7, 11) is 1.67. The molecule has 2 aromatic rings. The topological polar surface area (TPSA) is 60.3 Å². The van der Waals surface area contributed by atoms with E-state index in [1.807, 2.05) is 29.2 Å². The summed E-state index contributed by atoms with van der Waals surface area (Å²) < 4.78 is 7.60. The van der Waals surface area contributed by atoms with E-state index in [1.165, 1.54) is 31.0 Å². The monoisotopic (exact) mass is 414 g/mol. The summed E-state index contributed by atoms with van der Waals surface area (Å²) in [5, 5.41) is 9.93. The quantitative estimate of drug-likeness (QED) is 0.655. The Morgan fingerprint density at radius 1 is 1.10 bits per heavy atom. The molecular weight excluding hydrogens is 384 g/mol. The predicted octanol–water partition coefficient (Wildman–Crippen LogP) is 4.42. The maximum absolute atomic E-state index is 12.6. The Kier molecular flexibility index (Phi) is 6.43. The van der Waals surface area contributed by atoms with E-state index in [1.54, 1.807) is 7.11 Å². The Labute approximate surface area is 177 Å². The number of hydrogen-bond donors (Lipinski definition) is 0. The normalized spacial score (nSPS) is 22.1. The Hall–Kier alpha value is -2.02. The first-order chi connectivity index (χ1) is 14.2. The smallest absolute Gasteiger partial charge is 0.233 e. The van der Waals surface area contributed by atoms with Gasteiger partial charge in [0.2, 0.25) is 5.91 Å². The zero-order valence-electron chi connectivity index (χ0n) is 17.3. The molecule has 2 aliphatic rings. The molecule has 29 heavy (non-hydrogen) atoms. The molecule has 1 aromatic carbocycles. The van der Waals surface area contributed by atoms with Gasteiger partial charge in [-0.25, -0.2) is 0 Å². The average Bonchev–Trinajstić information content (AvgIpc) is 3.43. The molecule has 7 heteroatoms. The summed E-state index contributed by atoms with van der Waals surface area (Å²) in [5.74, 6) is 2.94. The van der Waals surface area contributed by atoms with Crippen LogP contribution < -0.4 is 4.74 Å². The molecule has 0 radical (unpaired) electrons. The molecule has 4 rings (SSSR count). The summed E-state index contributed by atoms with van der Waals surface area (Å²) in [6, 6.07) is 8.37. The van der Waals surface area contributed by atoms with Crippen LogP contribution in [0.4, 0.5) is 0 Å². The van der Waals surface area contributed by atoms with Gasteiger partial charge in [0.1, 0.15) is 5.75 Å². The summed E-state index contributed by atoms with van der Waals surface area (Å²) in [6.07, 6.45) is 7.11. The lowest BCUT2D eigenvalue weighted by Gasteiger charge is -2.31. The van der Waals surface area contributed by atoms with Crippen molar-refractivity contribution in [1.82, 2.24) is 19.7 Å². The first-order valence-electron chi connectivity index (χ1n) is 10.7. The molecule has 1 amide bonds. The molecule has 1 aliphatic carbocycles. The van der Waals surface area contributed by atoms with E-state index in [4.69, 9.17) is 4.74 Å².